The Balaban J connectivity index is 2.95. The van der Waals surface area contributed by atoms with Crippen LogP contribution < -0.4 is 5.32 Å². The third kappa shape index (κ3) is 2.41. The van der Waals surface area contributed by atoms with E-state index in [1.54, 1.807) is 7.05 Å². The Bertz CT molecular complexity index is 373. The molecular formula is C11H19N3O2. The van der Waals surface area contributed by atoms with Crippen LogP contribution in [0.2, 0.25) is 0 Å². The van der Waals surface area contributed by atoms with Crippen molar-refractivity contribution >= 4 is 5.97 Å². The van der Waals surface area contributed by atoms with Crippen molar-refractivity contribution in [1.82, 2.24) is 14.9 Å². The number of nitrogens with one attached hydrogen (secondary N) is 1. The summed E-state index contributed by atoms with van der Waals surface area (Å²) in [5.74, 6) is 0.634. The van der Waals surface area contributed by atoms with E-state index in [-0.39, 0.29) is 18.1 Å². The van der Waals surface area contributed by atoms with Gasteiger partial charge in [-0.15, -0.1) is 0 Å². The van der Waals surface area contributed by atoms with Crippen molar-refractivity contribution in [2.24, 2.45) is 0 Å². The Morgan fingerprint density at radius 1 is 1.56 bits per heavy atom. The molecule has 1 aromatic rings. The molecule has 0 saturated heterocycles. The zero-order valence-corrected chi connectivity index (χ0v) is 10.4. The lowest BCUT2D eigenvalue weighted by molar-refractivity contribution is -0.144. The van der Waals surface area contributed by atoms with Gasteiger partial charge in [-0.3, -0.25) is 4.79 Å². The van der Waals surface area contributed by atoms with Crippen molar-refractivity contribution in [3.63, 3.8) is 0 Å². The summed E-state index contributed by atoms with van der Waals surface area (Å²) < 4.78 is 6.74. The Hall–Kier alpha value is -1.36. The van der Waals surface area contributed by atoms with Crippen LogP contribution in [0.15, 0.2) is 6.20 Å². The van der Waals surface area contributed by atoms with Crippen LogP contribution in [0.3, 0.4) is 0 Å². The molecule has 0 spiro atoms. The van der Waals surface area contributed by atoms with Crippen molar-refractivity contribution < 1.29 is 9.53 Å². The van der Waals surface area contributed by atoms with Crippen molar-refractivity contribution in [2.75, 3.05) is 14.2 Å². The summed E-state index contributed by atoms with van der Waals surface area (Å²) in [5, 5.41) is 2.96. The van der Waals surface area contributed by atoms with Crippen LogP contribution in [0.1, 0.15) is 24.5 Å². The maximum Gasteiger partial charge on any atom is 0.325 e. The number of rotatable bonds is 4. The number of hydrogen-bond donors (Lipinski definition) is 1. The standard InChI is InChI=1S/C11H19N3O2/c1-7-6-14(9(3)13-7)8(2)10(12-4)11(15)16-5/h6,8,10,12H,1-5H3. The predicted molar refractivity (Wildman–Crippen MR) is 61.3 cm³/mol. The molecule has 0 fully saturated rings. The van der Waals surface area contributed by atoms with Gasteiger partial charge in [0.2, 0.25) is 0 Å². The molecule has 90 valence electrons. The Morgan fingerprint density at radius 3 is 2.56 bits per heavy atom. The minimum atomic E-state index is -0.364. The van der Waals surface area contributed by atoms with E-state index < -0.39 is 0 Å². The fourth-order valence-corrected chi connectivity index (χ4v) is 1.89. The van der Waals surface area contributed by atoms with Gasteiger partial charge in [0.1, 0.15) is 11.9 Å². The SMILES string of the molecule is CNC(C(=O)OC)C(C)n1cc(C)nc1C. The van der Waals surface area contributed by atoms with Crippen molar-refractivity contribution in [2.45, 2.75) is 32.9 Å². The summed E-state index contributed by atoms with van der Waals surface area (Å²) in [5.41, 5.74) is 0.948. The number of ether oxygens (including phenoxy) is 1. The minimum absolute atomic E-state index is 0.0290. The molecule has 1 N–H and O–H groups in total. The third-order valence-corrected chi connectivity index (χ3v) is 2.73. The molecule has 1 rings (SSSR count). The maximum absolute atomic E-state index is 11.6. The molecular weight excluding hydrogens is 206 g/mol. The second-order valence-corrected chi connectivity index (χ2v) is 3.87. The van der Waals surface area contributed by atoms with Gasteiger partial charge >= 0.3 is 5.97 Å². The molecule has 1 heterocycles. The first-order chi connectivity index (χ1) is 7.51. The van der Waals surface area contributed by atoms with Gasteiger partial charge in [0.25, 0.3) is 0 Å². The van der Waals surface area contributed by atoms with Gasteiger partial charge in [0.15, 0.2) is 0 Å². The molecule has 5 nitrogen and oxygen atoms in total. The van der Waals surface area contributed by atoms with Crippen LogP contribution in [-0.4, -0.2) is 35.7 Å². The van der Waals surface area contributed by atoms with Gasteiger partial charge in [-0.2, -0.15) is 0 Å². The average Bonchev–Trinajstić information content (AvgIpc) is 2.58. The maximum atomic E-state index is 11.6. The average molecular weight is 225 g/mol. The van der Waals surface area contributed by atoms with E-state index in [9.17, 15) is 4.79 Å². The number of carbonyl (C=O) groups is 1. The number of aryl methyl sites for hydroxylation is 2. The third-order valence-electron chi connectivity index (χ3n) is 2.73. The first-order valence-corrected chi connectivity index (χ1v) is 5.28. The lowest BCUT2D eigenvalue weighted by Gasteiger charge is -2.23. The first kappa shape index (κ1) is 12.7. The molecule has 0 aliphatic carbocycles. The molecule has 5 heteroatoms. The second kappa shape index (κ2) is 5.12. The molecule has 0 aliphatic rings. The molecule has 2 atom stereocenters. The lowest BCUT2D eigenvalue weighted by Crippen LogP contribution is -2.41. The zero-order valence-electron chi connectivity index (χ0n) is 10.4. The van der Waals surface area contributed by atoms with Crippen molar-refractivity contribution in [3.05, 3.63) is 17.7 Å². The molecule has 0 saturated carbocycles. The monoisotopic (exact) mass is 225 g/mol. The summed E-state index contributed by atoms with van der Waals surface area (Å²) in [7, 11) is 3.14. The lowest BCUT2D eigenvalue weighted by atomic mass is 10.1. The highest BCUT2D eigenvalue weighted by Gasteiger charge is 2.26. The molecule has 0 amide bonds. The van der Waals surface area contributed by atoms with E-state index in [0.29, 0.717) is 0 Å². The van der Waals surface area contributed by atoms with Gasteiger partial charge in [-0.25, -0.2) is 4.98 Å². The van der Waals surface area contributed by atoms with E-state index >= 15 is 0 Å². The quantitative estimate of drug-likeness (QED) is 0.771. The number of esters is 1. The number of nitrogens with zero attached hydrogens (tertiary/aromatic N) is 2. The van der Waals surface area contributed by atoms with E-state index in [1.165, 1.54) is 7.11 Å². The minimum Gasteiger partial charge on any atom is -0.468 e. The summed E-state index contributed by atoms with van der Waals surface area (Å²) in [6, 6.07) is -0.393. The van der Waals surface area contributed by atoms with E-state index in [4.69, 9.17) is 4.74 Å². The molecule has 1 aromatic heterocycles. The number of carbonyl (C=O) groups excluding carboxylic acids is 1. The topological polar surface area (TPSA) is 56.1 Å². The van der Waals surface area contributed by atoms with Crippen LogP contribution in [0.25, 0.3) is 0 Å². The van der Waals surface area contributed by atoms with Crippen LogP contribution in [0.4, 0.5) is 0 Å². The normalized spacial score (nSPS) is 14.6. The van der Waals surface area contributed by atoms with Crippen LogP contribution in [0.5, 0.6) is 0 Å². The van der Waals surface area contributed by atoms with Crippen molar-refractivity contribution in [3.8, 4) is 0 Å². The number of methoxy groups -OCH3 is 1. The van der Waals surface area contributed by atoms with Gasteiger partial charge < -0.3 is 14.6 Å². The number of hydrogen-bond acceptors (Lipinski definition) is 4. The summed E-state index contributed by atoms with van der Waals surface area (Å²) >= 11 is 0. The largest absolute Gasteiger partial charge is 0.468 e. The van der Waals surface area contributed by atoms with E-state index in [2.05, 4.69) is 10.3 Å². The molecule has 2 unspecified atom stereocenters. The van der Waals surface area contributed by atoms with Crippen LogP contribution in [0, 0.1) is 13.8 Å². The Morgan fingerprint density at radius 2 is 2.19 bits per heavy atom. The molecule has 0 aromatic carbocycles. The highest BCUT2D eigenvalue weighted by Crippen LogP contribution is 2.15. The van der Waals surface area contributed by atoms with E-state index in [1.807, 2.05) is 31.5 Å². The first-order valence-electron chi connectivity index (χ1n) is 5.28. The Kier molecular flexibility index (Phi) is 4.06. The highest BCUT2D eigenvalue weighted by atomic mass is 16.5. The van der Waals surface area contributed by atoms with E-state index in [0.717, 1.165) is 11.5 Å². The fourth-order valence-electron chi connectivity index (χ4n) is 1.89. The molecule has 0 bridgehead atoms. The summed E-state index contributed by atoms with van der Waals surface area (Å²) in [6.45, 7) is 5.82. The number of aromatic nitrogens is 2. The van der Waals surface area contributed by atoms with Crippen LogP contribution >= 0.6 is 0 Å². The van der Waals surface area contributed by atoms with Gasteiger partial charge in [-0.05, 0) is 27.8 Å². The van der Waals surface area contributed by atoms with Gasteiger partial charge in [0.05, 0.1) is 18.8 Å². The molecule has 0 aliphatic heterocycles. The molecule has 16 heavy (non-hydrogen) atoms. The zero-order chi connectivity index (χ0) is 12.3. The smallest absolute Gasteiger partial charge is 0.325 e. The van der Waals surface area contributed by atoms with Gasteiger partial charge in [0, 0.05) is 6.20 Å². The number of imidazole rings is 1. The van der Waals surface area contributed by atoms with Crippen LogP contribution in [-0.2, 0) is 9.53 Å². The predicted octanol–water partition coefficient (Wildman–Crippen LogP) is 0.822. The Labute approximate surface area is 95.8 Å². The fraction of sp³-hybridized carbons (Fsp3) is 0.636. The summed E-state index contributed by atoms with van der Waals surface area (Å²) in [4.78, 5) is 15.9. The second-order valence-electron chi connectivity index (χ2n) is 3.87. The highest BCUT2D eigenvalue weighted by molar-refractivity contribution is 5.76. The number of likely N-dealkylation sites (N-methyl/N-ethyl adjacent to an activating group) is 1. The molecule has 0 radical (unpaired) electrons. The van der Waals surface area contributed by atoms with Crippen molar-refractivity contribution in [1.29, 1.82) is 0 Å². The summed E-state index contributed by atoms with van der Waals surface area (Å²) in [6.07, 6.45) is 1.94. The van der Waals surface area contributed by atoms with Gasteiger partial charge in [-0.1, -0.05) is 0 Å².